The molecule has 10 N–H and O–H groups in total. The lowest BCUT2D eigenvalue weighted by molar-refractivity contribution is -0.132. The number of benzene rings is 2. The maximum absolute atomic E-state index is 14.4. The zero-order valence-electron chi connectivity index (χ0n) is 36.8. The van der Waals surface area contributed by atoms with E-state index in [1.165, 1.54) is 6.33 Å². The second-order valence-electron chi connectivity index (χ2n) is 17.5. The van der Waals surface area contributed by atoms with Crippen LogP contribution in [0.5, 0.6) is 0 Å². The topological polar surface area (TPSA) is 253 Å². The molecule has 1 aromatic heterocycles. The van der Waals surface area contributed by atoms with Crippen molar-refractivity contribution in [2.45, 2.75) is 147 Å². The SMILES string of the molecule is CCC(C)C(NC(=O)CC(N)C(CC1CCCCC1)NC(=O)C(Cc1cnc[nH]1)NC(=O)C(Cc1ccccc1)NC(=O)OC(C)(C)C)C(=O)NC(Cc1ccccc1)C(N)=O. The molecule has 0 aliphatic heterocycles. The Labute approximate surface area is 365 Å². The van der Waals surface area contributed by atoms with E-state index in [4.69, 9.17) is 16.2 Å². The molecule has 0 saturated heterocycles. The van der Waals surface area contributed by atoms with Gasteiger partial charge in [0.25, 0.3) is 0 Å². The van der Waals surface area contributed by atoms with Crippen LogP contribution in [0.4, 0.5) is 4.79 Å². The number of hydrogen-bond acceptors (Lipinski definition) is 9. The number of aromatic nitrogens is 2. The average molecular weight is 858 g/mol. The lowest BCUT2D eigenvalue weighted by atomic mass is 9.82. The van der Waals surface area contributed by atoms with Crippen LogP contribution in [0.1, 0.15) is 103 Å². The van der Waals surface area contributed by atoms with Crippen LogP contribution in [0.3, 0.4) is 0 Å². The average Bonchev–Trinajstić information content (AvgIpc) is 3.75. The Morgan fingerprint density at radius 3 is 1.89 bits per heavy atom. The van der Waals surface area contributed by atoms with Crippen molar-refractivity contribution < 1.29 is 33.5 Å². The number of imidazole rings is 1. The highest BCUT2D eigenvalue weighted by molar-refractivity contribution is 5.93. The summed E-state index contributed by atoms with van der Waals surface area (Å²) in [5, 5.41) is 14.2. The number of primary amides is 1. The van der Waals surface area contributed by atoms with Crippen LogP contribution in [0.15, 0.2) is 73.2 Å². The van der Waals surface area contributed by atoms with Gasteiger partial charge in [-0.1, -0.05) is 113 Å². The Balaban J connectivity index is 1.53. The van der Waals surface area contributed by atoms with Gasteiger partial charge >= 0.3 is 6.09 Å². The minimum absolute atomic E-state index is 0.0379. The molecule has 1 aliphatic carbocycles. The van der Waals surface area contributed by atoms with E-state index in [9.17, 15) is 28.8 Å². The Hall–Kier alpha value is -5.77. The first kappa shape index (κ1) is 48.9. The first-order valence-electron chi connectivity index (χ1n) is 21.8. The Morgan fingerprint density at radius 1 is 0.774 bits per heavy atom. The highest BCUT2D eigenvalue weighted by Gasteiger charge is 2.34. The summed E-state index contributed by atoms with van der Waals surface area (Å²) in [4.78, 5) is 88.4. The Morgan fingerprint density at radius 2 is 1.34 bits per heavy atom. The molecule has 6 amide bonds. The molecule has 4 rings (SSSR count). The summed E-state index contributed by atoms with van der Waals surface area (Å²) in [6.45, 7) is 8.88. The molecule has 1 heterocycles. The van der Waals surface area contributed by atoms with Crippen LogP contribution in [0, 0.1) is 11.8 Å². The zero-order valence-corrected chi connectivity index (χ0v) is 36.8. The van der Waals surface area contributed by atoms with Gasteiger partial charge in [-0.25, -0.2) is 9.78 Å². The summed E-state index contributed by atoms with van der Waals surface area (Å²) in [6, 6.07) is 12.6. The number of alkyl carbamates (subject to hydrolysis) is 1. The van der Waals surface area contributed by atoms with Crippen LogP contribution in [-0.2, 0) is 48.0 Å². The number of carbonyl (C=O) groups excluding carboxylic acids is 6. The second kappa shape index (κ2) is 24.0. The number of nitrogens with zero attached hydrogens (tertiary/aromatic N) is 1. The maximum atomic E-state index is 14.4. The standard InChI is InChI=1S/C46H67N9O7/c1-6-29(2)40(44(60)52-36(41(48)57)23-31-18-12-8-13-19-31)55-39(56)26-34(47)35(22-30-16-10-7-11-17-30)51-43(59)38(25-33-27-49-28-50-33)53-42(58)37(24-32-20-14-9-15-21-32)54-45(61)62-46(3,4)5/h8-9,12-15,18-21,27-30,34-38,40H,6-7,10-11,16-17,22-26,47H2,1-5H3,(H2,48,57)(H,49,50)(H,51,59)(H,52,60)(H,53,58)(H,54,61)(H,55,56). The van der Waals surface area contributed by atoms with Crippen molar-refractivity contribution in [2.75, 3.05) is 0 Å². The Bertz CT molecular complexity index is 1880. The maximum Gasteiger partial charge on any atom is 0.408 e. The minimum atomic E-state index is -1.14. The van der Waals surface area contributed by atoms with E-state index < -0.39 is 77.5 Å². The first-order valence-corrected chi connectivity index (χ1v) is 21.8. The first-order chi connectivity index (χ1) is 29.5. The van der Waals surface area contributed by atoms with Crippen molar-refractivity contribution in [1.29, 1.82) is 0 Å². The van der Waals surface area contributed by atoms with Crippen LogP contribution in [0.25, 0.3) is 0 Å². The van der Waals surface area contributed by atoms with E-state index in [0.29, 0.717) is 18.5 Å². The molecule has 7 atom stereocenters. The normalized spacial score (nSPS) is 16.5. The molecule has 0 spiro atoms. The number of ether oxygens (including phenoxy) is 1. The predicted molar refractivity (Wildman–Crippen MR) is 236 cm³/mol. The third-order valence-corrected chi connectivity index (χ3v) is 11.2. The third kappa shape index (κ3) is 16.6. The number of nitrogens with two attached hydrogens (primary N) is 2. The number of hydrogen-bond donors (Lipinski definition) is 8. The van der Waals surface area contributed by atoms with E-state index in [1.807, 2.05) is 74.5 Å². The lowest BCUT2D eigenvalue weighted by Gasteiger charge is -2.32. The fraction of sp³-hybridized carbons (Fsp3) is 0.543. The van der Waals surface area contributed by atoms with E-state index in [0.717, 1.165) is 43.2 Å². The molecule has 2 aromatic carbocycles. The fourth-order valence-corrected chi connectivity index (χ4v) is 7.64. The number of H-pyrrole nitrogens is 1. The number of aromatic amines is 1. The van der Waals surface area contributed by atoms with E-state index >= 15 is 0 Å². The van der Waals surface area contributed by atoms with Crippen LogP contribution in [0.2, 0.25) is 0 Å². The lowest BCUT2D eigenvalue weighted by Crippen LogP contribution is -2.59. The van der Waals surface area contributed by atoms with Gasteiger partial charge in [0.15, 0.2) is 0 Å². The van der Waals surface area contributed by atoms with Crippen molar-refractivity contribution in [3.05, 3.63) is 90.0 Å². The largest absolute Gasteiger partial charge is 0.444 e. The van der Waals surface area contributed by atoms with Gasteiger partial charge in [0.05, 0.1) is 6.33 Å². The van der Waals surface area contributed by atoms with Crippen molar-refractivity contribution in [3.63, 3.8) is 0 Å². The highest BCUT2D eigenvalue weighted by Crippen LogP contribution is 2.28. The van der Waals surface area contributed by atoms with Gasteiger partial charge in [0, 0.05) is 49.7 Å². The van der Waals surface area contributed by atoms with Crippen molar-refractivity contribution >= 4 is 35.6 Å². The van der Waals surface area contributed by atoms with Gasteiger partial charge in [-0.2, -0.15) is 0 Å². The fourth-order valence-electron chi connectivity index (χ4n) is 7.64. The molecule has 3 aromatic rings. The molecule has 1 saturated carbocycles. The summed E-state index contributed by atoms with van der Waals surface area (Å²) in [6.07, 6.45) is 8.49. The van der Waals surface area contributed by atoms with E-state index in [1.54, 1.807) is 27.0 Å². The zero-order chi connectivity index (χ0) is 45.2. The number of nitrogens with one attached hydrogen (secondary N) is 6. The van der Waals surface area contributed by atoms with Gasteiger partial charge in [-0.15, -0.1) is 0 Å². The molecular weight excluding hydrogens is 791 g/mol. The molecule has 1 aliphatic rings. The highest BCUT2D eigenvalue weighted by atomic mass is 16.6. The number of rotatable bonds is 22. The molecule has 338 valence electrons. The molecule has 16 nitrogen and oxygen atoms in total. The van der Waals surface area contributed by atoms with Gasteiger partial charge in [0.2, 0.25) is 29.5 Å². The van der Waals surface area contributed by atoms with Gasteiger partial charge in [-0.3, -0.25) is 24.0 Å². The quantitative estimate of drug-likeness (QED) is 0.0736. The number of carbonyl (C=O) groups is 6. The molecule has 0 radical (unpaired) electrons. The smallest absolute Gasteiger partial charge is 0.408 e. The molecule has 16 heteroatoms. The number of amides is 6. The van der Waals surface area contributed by atoms with E-state index in [-0.39, 0.29) is 37.5 Å². The summed E-state index contributed by atoms with van der Waals surface area (Å²) in [5.74, 6) is -2.95. The molecule has 7 unspecified atom stereocenters. The molecular formula is C46H67N9O7. The van der Waals surface area contributed by atoms with Gasteiger partial charge < -0.3 is 47.8 Å². The van der Waals surface area contributed by atoms with Crippen LogP contribution < -0.4 is 38.1 Å². The van der Waals surface area contributed by atoms with Crippen molar-refractivity contribution in [2.24, 2.45) is 23.3 Å². The van der Waals surface area contributed by atoms with Crippen molar-refractivity contribution in [3.8, 4) is 0 Å². The predicted octanol–water partition coefficient (Wildman–Crippen LogP) is 3.49. The summed E-state index contributed by atoms with van der Waals surface area (Å²) < 4.78 is 5.47. The Kier molecular flexibility index (Phi) is 18.9. The van der Waals surface area contributed by atoms with Gasteiger partial charge in [-0.05, 0) is 50.2 Å². The molecule has 1 fully saturated rings. The molecule has 62 heavy (non-hydrogen) atoms. The van der Waals surface area contributed by atoms with Gasteiger partial charge in [0.1, 0.15) is 29.8 Å². The van der Waals surface area contributed by atoms with Crippen molar-refractivity contribution in [1.82, 2.24) is 36.6 Å². The van der Waals surface area contributed by atoms with E-state index in [2.05, 4.69) is 36.6 Å². The van der Waals surface area contributed by atoms with Crippen LogP contribution >= 0.6 is 0 Å². The van der Waals surface area contributed by atoms with Crippen LogP contribution in [-0.4, -0.2) is 87.4 Å². The summed E-state index contributed by atoms with van der Waals surface area (Å²) in [7, 11) is 0. The minimum Gasteiger partial charge on any atom is -0.444 e. The second-order valence-corrected chi connectivity index (χ2v) is 17.5. The summed E-state index contributed by atoms with van der Waals surface area (Å²) in [5.41, 5.74) is 13.9. The third-order valence-electron chi connectivity index (χ3n) is 11.2. The molecule has 0 bridgehead atoms. The summed E-state index contributed by atoms with van der Waals surface area (Å²) >= 11 is 0. The monoisotopic (exact) mass is 858 g/mol.